The Labute approximate surface area is 105 Å². The summed E-state index contributed by atoms with van der Waals surface area (Å²) in [5.74, 6) is 1.40. The van der Waals surface area contributed by atoms with E-state index in [0.717, 1.165) is 5.56 Å². The zero-order valence-corrected chi connectivity index (χ0v) is 10.8. The molecule has 2 aromatic rings. The van der Waals surface area contributed by atoms with Crippen LogP contribution in [-0.4, -0.2) is 14.8 Å². The zero-order chi connectivity index (χ0) is 12.4. The molecule has 0 aromatic carbocycles. The molecule has 4 nitrogen and oxygen atoms in total. The minimum absolute atomic E-state index is 0.314. The summed E-state index contributed by atoms with van der Waals surface area (Å²) in [6.07, 6.45) is 5.23. The van der Waals surface area contributed by atoms with Crippen molar-refractivity contribution in [3.8, 4) is 11.5 Å². The first-order chi connectivity index (χ1) is 8.06. The Kier molecular flexibility index (Phi) is 3.33. The van der Waals surface area contributed by atoms with E-state index in [9.17, 15) is 0 Å². The lowest BCUT2D eigenvalue weighted by molar-refractivity contribution is 0.473. The second-order valence-corrected chi connectivity index (χ2v) is 4.51. The molecule has 0 spiro atoms. The predicted octanol–water partition coefficient (Wildman–Crippen LogP) is 3.61. The Hall–Kier alpha value is -1.55. The molecule has 2 aromatic heterocycles. The van der Waals surface area contributed by atoms with Crippen molar-refractivity contribution in [3.63, 3.8) is 0 Å². The minimum Gasteiger partial charge on any atom is -0.454 e. The molecule has 0 aliphatic carbocycles. The van der Waals surface area contributed by atoms with Gasteiger partial charge in [0.15, 0.2) is 5.75 Å². The van der Waals surface area contributed by atoms with Crippen molar-refractivity contribution < 1.29 is 4.74 Å². The van der Waals surface area contributed by atoms with E-state index in [1.165, 1.54) is 0 Å². The van der Waals surface area contributed by atoms with Crippen LogP contribution in [0.1, 0.15) is 25.5 Å². The summed E-state index contributed by atoms with van der Waals surface area (Å²) in [4.78, 5) is 3.98. The van der Waals surface area contributed by atoms with Crippen LogP contribution in [0.5, 0.6) is 11.5 Å². The SMILES string of the molecule is Cc1cnc(Cl)cc1Oc1cnn(C(C)C)c1. The van der Waals surface area contributed by atoms with E-state index in [4.69, 9.17) is 16.3 Å². The number of ether oxygens (including phenoxy) is 1. The summed E-state index contributed by atoms with van der Waals surface area (Å²) in [5.41, 5.74) is 0.937. The molecule has 90 valence electrons. The van der Waals surface area contributed by atoms with Crippen molar-refractivity contribution in [3.05, 3.63) is 35.4 Å². The molecule has 0 amide bonds. The third kappa shape index (κ3) is 2.77. The fourth-order valence-corrected chi connectivity index (χ4v) is 1.52. The first-order valence-corrected chi connectivity index (χ1v) is 5.78. The summed E-state index contributed by atoms with van der Waals surface area (Å²) in [5, 5.41) is 4.63. The summed E-state index contributed by atoms with van der Waals surface area (Å²) < 4.78 is 7.55. The highest BCUT2D eigenvalue weighted by atomic mass is 35.5. The number of aromatic nitrogens is 3. The monoisotopic (exact) mass is 251 g/mol. The molecule has 17 heavy (non-hydrogen) atoms. The van der Waals surface area contributed by atoms with Crippen molar-refractivity contribution in [2.75, 3.05) is 0 Å². The molecule has 0 radical (unpaired) electrons. The van der Waals surface area contributed by atoms with Gasteiger partial charge in [-0.2, -0.15) is 5.10 Å². The molecule has 0 aliphatic heterocycles. The Morgan fingerprint density at radius 2 is 2.12 bits per heavy atom. The maximum absolute atomic E-state index is 5.83. The highest BCUT2D eigenvalue weighted by molar-refractivity contribution is 6.29. The molecule has 0 atom stereocenters. The fourth-order valence-electron chi connectivity index (χ4n) is 1.37. The number of halogens is 1. The normalized spacial score (nSPS) is 10.9. The smallest absolute Gasteiger partial charge is 0.165 e. The van der Waals surface area contributed by atoms with Gasteiger partial charge >= 0.3 is 0 Å². The second kappa shape index (κ2) is 4.75. The number of aryl methyl sites for hydroxylation is 1. The van der Waals surface area contributed by atoms with Gasteiger partial charge in [0, 0.05) is 23.9 Å². The number of pyridine rings is 1. The van der Waals surface area contributed by atoms with Gasteiger partial charge in [-0.3, -0.25) is 4.68 Å². The zero-order valence-electron chi connectivity index (χ0n) is 10.0. The quantitative estimate of drug-likeness (QED) is 0.783. The Morgan fingerprint density at radius 3 is 2.76 bits per heavy atom. The van der Waals surface area contributed by atoms with E-state index in [2.05, 4.69) is 23.9 Å². The minimum atomic E-state index is 0.314. The fraction of sp³-hybridized carbons (Fsp3) is 0.333. The van der Waals surface area contributed by atoms with Crippen LogP contribution in [0.2, 0.25) is 5.15 Å². The van der Waals surface area contributed by atoms with Gasteiger partial charge in [0.2, 0.25) is 0 Å². The first kappa shape index (κ1) is 11.9. The van der Waals surface area contributed by atoms with Crippen molar-refractivity contribution in [2.24, 2.45) is 0 Å². The van der Waals surface area contributed by atoms with Crippen LogP contribution in [0.15, 0.2) is 24.7 Å². The Morgan fingerprint density at radius 1 is 1.35 bits per heavy atom. The maximum Gasteiger partial charge on any atom is 0.165 e. The standard InChI is InChI=1S/C12H14ClN3O/c1-8(2)16-7-10(6-15-16)17-11-4-12(13)14-5-9(11)3/h4-8H,1-3H3. The lowest BCUT2D eigenvalue weighted by Gasteiger charge is -2.06. The number of hydrogen-bond acceptors (Lipinski definition) is 3. The highest BCUT2D eigenvalue weighted by Gasteiger charge is 2.06. The third-order valence-corrected chi connectivity index (χ3v) is 2.56. The van der Waals surface area contributed by atoms with Crippen LogP contribution in [0.4, 0.5) is 0 Å². The second-order valence-electron chi connectivity index (χ2n) is 4.12. The molecule has 0 saturated heterocycles. The molecular weight excluding hydrogens is 238 g/mol. The van der Waals surface area contributed by atoms with Gasteiger partial charge in [0.05, 0.1) is 12.4 Å². The van der Waals surface area contributed by atoms with Crippen LogP contribution in [0, 0.1) is 6.92 Å². The van der Waals surface area contributed by atoms with Gasteiger partial charge < -0.3 is 4.74 Å². The van der Waals surface area contributed by atoms with E-state index in [1.807, 2.05) is 17.8 Å². The molecule has 0 N–H and O–H groups in total. The average Bonchev–Trinajstić information content (AvgIpc) is 2.72. The molecular formula is C12H14ClN3O. The molecule has 5 heteroatoms. The van der Waals surface area contributed by atoms with Gasteiger partial charge in [0.25, 0.3) is 0 Å². The van der Waals surface area contributed by atoms with E-state index in [0.29, 0.717) is 22.7 Å². The molecule has 0 aliphatic rings. The van der Waals surface area contributed by atoms with Gasteiger partial charge in [0.1, 0.15) is 10.9 Å². The van der Waals surface area contributed by atoms with Gasteiger partial charge in [-0.15, -0.1) is 0 Å². The Balaban J connectivity index is 2.22. The predicted molar refractivity (Wildman–Crippen MR) is 66.7 cm³/mol. The van der Waals surface area contributed by atoms with Crippen molar-refractivity contribution in [1.82, 2.24) is 14.8 Å². The van der Waals surface area contributed by atoms with Crippen LogP contribution in [-0.2, 0) is 0 Å². The molecule has 2 heterocycles. The summed E-state index contributed by atoms with van der Waals surface area (Å²) >= 11 is 5.83. The first-order valence-electron chi connectivity index (χ1n) is 5.40. The number of hydrogen-bond donors (Lipinski definition) is 0. The molecule has 0 bridgehead atoms. The van der Waals surface area contributed by atoms with Gasteiger partial charge in [-0.25, -0.2) is 4.98 Å². The lowest BCUT2D eigenvalue weighted by Crippen LogP contribution is -1.99. The topological polar surface area (TPSA) is 39.9 Å². The van der Waals surface area contributed by atoms with Crippen molar-refractivity contribution in [1.29, 1.82) is 0 Å². The van der Waals surface area contributed by atoms with Gasteiger partial charge in [-0.1, -0.05) is 11.6 Å². The number of rotatable bonds is 3. The number of nitrogens with zero attached hydrogens (tertiary/aromatic N) is 3. The summed E-state index contributed by atoms with van der Waals surface area (Å²) in [6, 6.07) is 2.01. The molecule has 0 saturated carbocycles. The van der Waals surface area contributed by atoms with Crippen LogP contribution >= 0.6 is 11.6 Å². The maximum atomic E-state index is 5.83. The van der Waals surface area contributed by atoms with Crippen LogP contribution < -0.4 is 4.74 Å². The lowest BCUT2D eigenvalue weighted by atomic mass is 10.3. The summed E-state index contributed by atoms with van der Waals surface area (Å²) in [7, 11) is 0. The van der Waals surface area contributed by atoms with Crippen LogP contribution in [0.3, 0.4) is 0 Å². The molecule has 0 fully saturated rings. The average molecular weight is 252 g/mol. The molecule has 2 rings (SSSR count). The largest absolute Gasteiger partial charge is 0.454 e. The Bertz CT molecular complexity index is 522. The van der Waals surface area contributed by atoms with E-state index < -0.39 is 0 Å². The third-order valence-electron chi connectivity index (χ3n) is 2.36. The van der Waals surface area contributed by atoms with Gasteiger partial charge in [-0.05, 0) is 20.8 Å². The van der Waals surface area contributed by atoms with Crippen molar-refractivity contribution in [2.45, 2.75) is 26.8 Å². The van der Waals surface area contributed by atoms with E-state index >= 15 is 0 Å². The molecule has 0 unspecified atom stereocenters. The summed E-state index contributed by atoms with van der Waals surface area (Å²) in [6.45, 7) is 6.04. The van der Waals surface area contributed by atoms with E-state index in [1.54, 1.807) is 18.5 Å². The van der Waals surface area contributed by atoms with E-state index in [-0.39, 0.29) is 0 Å². The van der Waals surface area contributed by atoms with Crippen LogP contribution in [0.25, 0.3) is 0 Å². The highest BCUT2D eigenvalue weighted by Crippen LogP contribution is 2.26. The van der Waals surface area contributed by atoms with Crippen molar-refractivity contribution >= 4 is 11.6 Å².